The summed E-state index contributed by atoms with van der Waals surface area (Å²) in [5.41, 5.74) is 2.51. The Kier molecular flexibility index (Phi) is 6.66. The normalized spacial score (nSPS) is 11.5. The molecule has 0 spiro atoms. The average molecular weight is 441 g/mol. The van der Waals surface area contributed by atoms with Crippen LogP contribution in [0.4, 0.5) is 0 Å². The molecule has 3 aromatic rings. The molecule has 6 heteroatoms. The second-order valence-electron chi connectivity index (χ2n) is 6.24. The van der Waals surface area contributed by atoms with Gasteiger partial charge < -0.3 is 14.8 Å². The SMILES string of the molecule is COc1cc(C(=O)NC(C)c2ccncc2)cc(Br)c1OCc1ccccc1. The number of methoxy groups -OCH3 is 1. The number of rotatable bonds is 7. The number of carbonyl (C=O) groups excluding carboxylic acids is 1. The predicted octanol–water partition coefficient (Wildman–Crippen LogP) is 4.92. The van der Waals surface area contributed by atoms with E-state index in [0.29, 0.717) is 28.1 Å². The van der Waals surface area contributed by atoms with Crippen LogP contribution in [-0.4, -0.2) is 18.0 Å². The lowest BCUT2D eigenvalue weighted by Gasteiger charge is -2.17. The van der Waals surface area contributed by atoms with Crippen molar-refractivity contribution in [1.29, 1.82) is 0 Å². The summed E-state index contributed by atoms with van der Waals surface area (Å²) in [6, 6.07) is 16.9. The van der Waals surface area contributed by atoms with Gasteiger partial charge in [0.05, 0.1) is 17.6 Å². The Morgan fingerprint density at radius 3 is 2.54 bits per heavy atom. The predicted molar refractivity (Wildman–Crippen MR) is 112 cm³/mol. The quantitative estimate of drug-likeness (QED) is 0.565. The van der Waals surface area contributed by atoms with E-state index in [0.717, 1.165) is 11.1 Å². The summed E-state index contributed by atoms with van der Waals surface area (Å²) in [4.78, 5) is 16.7. The highest BCUT2D eigenvalue weighted by Gasteiger charge is 2.17. The minimum atomic E-state index is -0.196. The van der Waals surface area contributed by atoms with Crippen molar-refractivity contribution in [1.82, 2.24) is 10.3 Å². The number of ether oxygens (including phenoxy) is 2. The third kappa shape index (κ3) is 4.89. The highest BCUT2D eigenvalue weighted by atomic mass is 79.9. The van der Waals surface area contributed by atoms with Crippen molar-refractivity contribution in [2.45, 2.75) is 19.6 Å². The molecule has 144 valence electrons. The summed E-state index contributed by atoms with van der Waals surface area (Å²) < 4.78 is 12.0. The number of halogens is 1. The van der Waals surface area contributed by atoms with Crippen LogP contribution in [0.2, 0.25) is 0 Å². The Balaban J connectivity index is 1.75. The first-order chi connectivity index (χ1) is 13.6. The minimum absolute atomic E-state index is 0.144. The number of aromatic nitrogens is 1. The molecule has 1 heterocycles. The Labute approximate surface area is 172 Å². The summed E-state index contributed by atoms with van der Waals surface area (Å²) in [5, 5.41) is 2.98. The van der Waals surface area contributed by atoms with Crippen LogP contribution in [0.25, 0.3) is 0 Å². The second-order valence-corrected chi connectivity index (χ2v) is 7.09. The zero-order valence-corrected chi connectivity index (χ0v) is 17.3. The van der Waals surface area contributed by atoms with E-state index in [-0.39, 0.29) is 11.9 Å². The Morgan fingerprint density at radius 1 is 1.14 bits per heavy atom. The molecule has 28 heavy (non-hydrogen) atoms. The summed E-state index contributed by atoms with van der Waals surface area (Å²) in [7, 11) is 1.55. The highest BCUT2D eigenvalue weighted by molar-refractivity contribution is 9.10. The smallest absolute Gasteiger partial charge is 0.251 e. The van der Waals surface area contributed by atoms with E-state index in [4.69, 9.17) is 9.47 Å². The van der Waals surface area contributed by atoms with E-state index in [1.807, 2.05) is 49.4 Å². The maximum atomic E-state index is 12.7. The summed E-state index contributed by atoms with van der Waals surface area (Å²) >= 11 is 3.50. The third-order valence-electron chi connectivity index (χ3n) is 4.27. The molecule has 0 saturated carbocycles. The van der Waals surface area contributed by atoms with Gasteiger partial charge in [0.2, 0.25) is 0 Å². The molecule has 0 radical (unpaired) electrons. The molecule has 1 N–H and O–H groups in total. The fraction of sp³-hybridized carbons (Fsp3) is 0.182. The number of amides is 1. The highest BCUT2D eigenvalue weighted by Crippen LogP contribution is 2.37. The van der Waals surface area contributed by atoms with Gasteiger partial charge in [0.15, 0.2) is 11.5 Å². The maximum absolute atomic E-state index is 12.7. The Bertz CT molecular complexity index is 933. The van der Waals surface area contributed by atoms with Gasteiger partial charge in [-0.25, -0.2) is 0 Å². The number of hydrogen-bond acceptors (Lipinski definition) is 4. The molecule has 1 amide bonds. The molecule has 0 saturated heterocycles. The second kappa shape index (κ2) is 9.37. The molecule has 0 aliphatic carbocycles. The fourth-order valence-corrected chi connectivity index (χ4v) is 3.29. The average Bonchev–Trinajstić information content (AvgIpc) is 2.73. The Hall–Kier alpha value is -2.86. The van der Waals surface area contributed by atoms with Crippen LogP contribution >= 0.6 is 15.9 Å². The third-order valence-corrected chi connectivity index (χ3v) is 4.86. The van der Waals surface area contributed by atoms with Crippen molar-refractivity contribution >= 4 is 21.8 Å². The first-order valence-electron chi connectivity index (χ1n) is 8.83. The number of nitrogens with zero attached hydrogens (tertiary/aromatic N) is 1. The summed E-state index contributed by atoms with van der Waals surface area (Å²) in [6.45, 7) is 2.33. The van der Waals surface area contributed by atoms with Gasteiger partial charge in [0.25, 0.3) is 5.91 Å². The first kappa shape index (κ1) is 19.9. The number of benzene rings is 2. The van der Waals surface area contributed by atoms with Gasteiger partial charge in [-0.2, -0.15) is 0 Å². The van der Waals surface area contributed by atoms with Crippen molar-refractivity contribution in [3.05, 3.63) is 88.2 Å². The molecular formula is C22H21BrN2O3. The lowest BCUT2D eigenvalue weighted by molar-refractivity contribution is 0.0939. The number of hydrogen-bond donors (Lipinski definition) is 1. The van der Waals surface area contributed by atoms with Crippen LogP contribution in [0.5, 0.6) is 11.5 Å². The van der Waals surface area contributed by atoms with Gasteiger partial charge in [0.1, 0.15) is 6.61 Å². The van der Waals surface area contributed by atoms with Gasteiger partial charge in [-0.3, -0.25) is 9.78 Å². The van der Waals surface area contributed by atoms with E-state index in [2.05, 4.69) is 26.2 Å². The van der Waals surface area contributed by atoms with Crippen molar-refractivity contribution in [2.24, 2.45) is 0 Å². The molecular weight excluding hydrogens is 420 g/mol. The van der Waals surface area contributed by atoms with E-state index >= 15 is 0 Å². The van der Waals surface area contributed by atoms with Crippen LogP contribution in [0.3, 0.4) is 0 Å². The molecule has 5 nitrogen and oxygen atoms in total. The van der Waals surface area contributed by atoms with Gasteiger partial charge in [-0.1, -0.05) is 30.3 Å². The van der Waals surface area contributed by atoms with E-state index in [1.165, 1.54) is 0 Å². The van der Waals surface area contributed by atoms with Crippen LogP contribution in [0.15, 0.2) is 71.5 Å². The molecule has 1 aromatic heterocycles. The molecule has 1 atom stereocenters. The van der Waals surface area contributed by atoms with Gasteiger partial charge >= 0.3 is 0 Å². The summed E-state index contributed by atoms with van der Waals surface area (Å²) in [6.07, 6.45) is 3.41. The van der Waals surface area contributed by atoms with E-state index in [9.17, 15) is 4.79 Å². The van der Waals surface area contributed by atoms with Crippen LogP contribution < -0.4 is 14.8 Å². The van der Waals surface area contributed by atoms with Crippen LogP contribution in [0.1, 0.15) is 34.5 Å². The van der Waals surface area contributed by atoms with Gasteiger partial charge in [0, 0.05) is 18.0 Å². The molecule has 0 aliphatic heterocycles. The van der Waals surface area contributed by atoms with E-state index in [1.54, 1.807) is 31.6 Å². The Morgan fingerprint density at radius 2 is 1.86 bits per heavy atom. The maximum Gasteiger partial charge on any atom is 0.251 e. The molecule has 1 unspecified atom stereocenters. The molecule has 2 aromatic carbocycles. The molecule has 0 bridgehead atoms. The largest absolute Gasteiger partial charge is 0.493 e. The number of carbonyl (C=O) groups is 1. The van der Waals surface area contributed by atoms with Gasteiger partial charge in [-0.15, -0.1) is 0 Å². The standard InChI is InChI=1S/C22H21BrN2O3/c1-15(17-8-10-24-11-9-17)25-22(26)18-12-19(23)21(20(13-18)27-2)28-14-16-6-4-3-5-7-16/h3-13,15H,14H2,1-2H3,(H,25,26). The summed E-state index contributed by atoms with van der Waals surface area (Å²) in [5.74, 6) is 0.857. The van der Waals surface area contributed by atoms with Crippen molar-refractivity contribution in [2.75, 3.05) is 7.11 Å². The topological polar surface area (TPSA) is 60.5 Å². The van der Waals surface area contributed by atoms with E-state index < -0.39 is 0 Å². The van der Waals surface area contributed by atoms with Crippen molar-refractivity contribution in [3.8, 4) is 11.5 Å². The van der Waals surface area contributed by atoms with Crippen LogP contribution in [0, 0.1) is 0 Å². The number of nitrogens with one attached hydrogen (secondary N) is 1. The monoisotopic (exact) mass is 440 g/mol. The minimum Gasteiger partial charge on any atom is -0.493 e. The zero-order chi connectivity index (χ0) is 19.9. The molecule has 0 fully saturated rings. The van der Waals surface area contributed by atoms with Crippen LogP contribution in [-0.2, 0) is 6.61 Å². The van der Waals surface area contributed by atoms with Crippen molar-refractivity contribution < 1.29 is 14.3 Å². The first-order valence-corrected chi connectivity index (χ1v) is 9.63. The fourth-order valence-electron chi connectivity index (χ4n) is 2.74. The lowest BCUT2D eigenvalue weighted by Crippen LogP contribution is -2.26. The molecule has 0 aliphatic rings. The lowest BCUT2D eigenvalue weighted by atomic mass is 10.1. The van der Waals surface area contributed by atoms with Gasteiger partial charge in [-0.05, 0) is 58.2 Å². The van der Waals surface area contributed by atoms with Crippen molar-refractivity contribution in [3.63, 3.8) is 0 Å². The molecule has 3 rings (SSSR count). The number of pyridine rings is 1. The zero-order valence-electron chi connectivity index (χ0n) is 15.7.